The van der Waals surface area contributed by atoms with Gasteiger partial charge in [-0.25, -0.2) is 0 Å². The third kappa shape index (κ3) is 1.53. The van der Waals surface area contributed by atoms with Crippen LogP contribution in [0, 0.1) is 10.8 Å². The van der Waals surface area contributed by atoms with Crippen LogP contribution < -0.4 is 0 Å². The van der Waals surface area contributed by atoms with Gasteiger partial charge >= 0.3 is 0 Å². The summed E-state index contributed by atoms with van der Waals surface area (Å²) in [6.45, 7) is 6.74. The van der Waals surface area contributed by atoms with Crippen LogP contribution in [0.2, 0.25) is 0 Å². The second-order valence-corrected chi connectivity index (χ2v) is 5.88. The number of fused-ring (bicyclic) bond motifs is 1. The van der Waals surface area contributed by atoms with Gasteiger partial charge in [0.2, 0.25) is 0 Å². The fourth-order valence-corrected chi connectivity index (χ4v) is 2.82. The highest BCUT2D eigenvalue weighted by atomic mass is 16.1. The van der Waals surface area contributed by atoms with E-state index in [4.69, 9.17) is 0 Å². The quantitative estimate of drug-likeness (QED) is 0.574. The third-order valence-electron chi connectivity index (χ3n) is 3.94. The lowest BCUT2D eigenvalue weighted by Gasteiger charge is -2.43. The minimum Gasteiger partial charge on any atom is -0.295 e. The van der Waals surface area contributed by atoms with E-state index in [9.17, 15) is 4.79 Å². The van der Waals surface area contributed by atoms with Crippen LogP contribution in [0.25, 0.3) is 0 Å². The number of Topliss-reactive ketones (excluding diaryl/α,β-unsaturated/α-hetero) is 1. The molecule has 1 fully saturated rings. The highest BCUT2D eigenvalue weighted by Gasteiger charge is 2.41. The van der Waals surface area contributed by atoms with Crippen molar-refractivity contribution in [3.8, 4) is 0 Å². The lowest BCUT2D eigenvalue weighted by atomic mass is 9.61. The molecule has 1 nitrogen and oxygen atoms in total. The van der Waals surface area contributed by atoms with Gasteiger partial charge in [-0.1, -0.05) is 26.8 Å². The monoisotopic (exact) mass is 192 g/mol. The number of ketones is 1. The molecule has 0 saturated heterocycles. The van der Waals surface area contributed by atoms with Crippen molar-refractivity contribution in [1.82, 2.24) is 0 Å². The van der Waals surface area contributed by atoms with E-state index < -0.39 is 0 Å². The summed E-state index contributed by atoms with van der Waals surface area (Å²) in [5.74, 6) is 0.409. The molecule has 14 heavy (non-hydrogen) atoms. The van der Waals surface area contributed by atoms with Crippen molar-refractivity contribution in [3.05, 3.63) is 11.6 Å². The zero-order valence-corrected chi connectivity index (χ0v) is 9.52. The van der Waals surface area contributed by atoms with Crippen molar-refractivity contribution in [2.45, 2.75) is 52.9 Å². The molecule has 0 spiro atoms. The summed E-state index contributed by atoms with van der Waals surface area (Å²) in [6, 6.07) is 0. The second-order valence-electron chi connectivity index (χ2n) is 5.88. The number of carbonyl (C=O) groups is 1. The SMILES string of the molecule is CC1(C)C=C2C(=O)CCC[C@]2(C)CC1. The van der Waals surface area contributed by atoms with Crippen LogP contribution in [0.5, 0.6) is 0 Å². The Hall–Kier alpha value is -0.590. The van der Waals surface area contributed by atoms with E-state index in [1.807, 2.05) is 0 Å². The molecule has 0 aromatic heterocycles. The van der Waals surface area contributed by atoms with Crippen molar-refractivity contribution < 1.29 is 4.79 Å². The maximum atomic E-state index is 11.9. The zero-order valence-electron chi connectivity index (χ0n) is 9.52. The Bertz CT molecular complexity index is 298. The van der Waals surface area contributed by atoms with Crippen LogP contribution in [0.15, 0.2) is 11.6 Å². The molecular weight excluding hydrogens is 172 g/mol. The van der Waals surface area contributed by atoms with Crippen LogP contribution in [-0.2, 0) is 4.79 Å². The summed E-state index contributed by atoms with van der Waals surface area (Å²) < 4.78 is 0. The van der Waals surface area contributed by atoms with Gasteiger partial charge in [0, 0.05) is 6.42 Å². The van der Waals surface area contributed by atoms with Gasteiger partial charge in [-0.05, 0) is 42.1 Å². The van der Waals surface area contributed by atoms with Gasteiger partial charge in [-0.15, -0.1) is 0 Å². The molecule has 0 heterocycles. The van der Waals surface area contributed by atoms with Gasteiger partial charge in [0.15, 0.2) is 5.78 Å². The average molecular weight is 192 g/mol. The van der Waals surface area contributed by atoms with Crippen LogP contribution in [0.1, 0.15) is 52.9 Å². The van der Waals surface area contributed by atoms with Crippen molar-refractivity contribution in [2.75, 3.05) is 0 Å². The lowest BCUT2D eigenvalue weighted by molar-refractivity contribution is -0.118. The van der Waals surface area contributed by atoms with Crippen molar-refractivity contribution >= 4 is 5.78 Å². The molecular formula is C13H20O. The largest absolute Gasteiger partial charge is 0.295 e. The van der Waals surface area contributed by atoms with Crippen LogP contribution in [-0.4, -0.2) is 5.78 Å². The van der Waals surface area contributed by atoms with E-state index in [-0.39, 0.29) is 10.8 Å². The molecule has 0 aliphatic heterocycles. The molecule has 0 amide bonds. The first-order chi connectivity index (χ1) is 6.43. The van der Waals surface area contributed by atoms with Crippen molar-refractivity contribution in [2.24, 2.45) is 10.8 Å². The minimum atomic E-state index is 0.213. The standard InChI is InChI=1S/C13H20O/c1-12(2)7-8-13(3)6-4-5-11(14)10(13)9-12/h9H,4-8H2,1-3H3/t13-/m1/s1. The summed E-state index contributed by atoms with van der Waals surface area (Å²) in [7, 11) is 0. The summed E-state index contributed by atoms with van der Waals surface area (Å²) in [5, 5.41) is 0. The molecule has 0 aromatic carbocycles. The van der Waals surface area contributed by atoms with Gasteiger partial charge in [0.05, 0.1) is 0 Å². The Kier molecular flexibility index (Phi) is 2.09. The molecule has 0 N–H and O–H groups in total. The lowest BCUT2D eigenvalue weighted by Crippen LogP contribution is -2.35. The predicted octanol–water partition coefficient (Wildman–Crippen LogP) is 3.49. The van der Waals surface area contributed by atoms with Crippen LogP contribution in [0.4, 0.5) is 0 Å². The van der Waals surface area contributed by atoms with E-state index in [0.717, 1.165) is 18.4 Å². The molecule has 2 aliphatic carbocycles. The van der Waals surface area contributed by atoms with Crippen LogP contribution >= 0.6 is 0 Å². The Morgan fingerprint density at radius 1 is 1.14 bits per heavy atom. The van der Waals surface area contributed by atoms with E-state index in [1.54, 1.807) is 0 Å². The fourth-order valence-electron chi connectivity index (χ4n) is 2.82. The second kappa shape index (κ2) is 2.95. The smallest absolute Gasteiger partial charge is 0.159 e. The van der Waals surface area contributed by atoms with Gasteiger partial charge < -0.3 is 0 Å². The van der Waals surface area contributed by atoms with E-state index in [0.29, 0.717) is 5.78 Å². The predicted molar refractivity (Wildman–Crippen MR) is 58.1 cm³/mol. The Balaban J connectivity index is 2.40. The third-order valence-corrected chi connectivity index (χ3v) is 3.94. The molecule has 0 aromatic rings. The molecule has 0 unspecified atom stereocenters. The van der Waals surface area contributed by atoms with Gasteiger partial charge in [0.1, 0.15) is 0 Å². The molecule has 2 aliphatic rings. The maximum Gasteiger partial charge on any atom is 0.159 e. The molecule has 1 saturated carbocycles. The summed E-state index contributed by atoms with van der Waals surface area (Å²) >= 11 is 0. The molecule has 78 valence electrons. The minimum absolute atomic E-state index is 0.213. The first-order valence-electron chi connectivity index (χ1n) is 5.70. The average Bonchev–Trinajstić information content (AvgIpc) is 2.08. The molecule has 2 rings (SSSR count). The molecule has 1 heteroatoms. The molecule has 0 radical (unpaired) electrons. The highest BCUT2D eigenvalue weighted by molar-refractivity contribution is 5.97. The summed E-state index contributed by atoms with van der Waals surface area (Å²) in [5.41, 5.74) is 1.59. The Labute approximate surface area is 86.6 Å². The van der Waals surface area contributed by atoms with Gasteiger partial charge in [-0.2, -0.15) is 0 Å². The van der Waals surface area contributed by atoms with Crippen molar-refractivity contribution in [3.63, 3.8) is 0 Å². The van der Waals surface area contributed by atoms with E-state index in [2.05, 4.69) is 26.8 Å². The highest BCUT2D eigenvalue weighted by Crippen LogP contribution is 2.49. The number of hydrogen-bond acceptors (Lipinski definition) is 1. The van der Waals surface area contributed by atoms with E-state index >= 15 is 0 Å². The number of hydrogen-bond donors (Lipinski definition) is 0. The van der Waals surface area contributed by atoms with Crippen molar-refractivity contribution in [1.29, 1.82) is 0 Å². The summed E-state index contributed by atoms with van der Waals surface area (Å²) in [4.78, 5) is 11.9. The summed E-state index contributed by atoms with van der Waals surface area (Å²) in [6.07, 6.45) is 7.74. The number of rotatable bonds is 0. The Morgan fingerprint density at radius 3 is 2.57 bits per heavy atom. The maximum absolute atomic E-state index is 11.9. The van der Waals surface area contributed by atoms with Crippen LogP contribution in [0.3, 0.4) is 0 Å². The van der Waals surface area contributed by atoms with E-state index in [1.165, 1.54) is 19.3 Å². The Morgan fingerprint density at radius 2 is 1.86 bits per heavy atom. The molecule has 1 atom stereocenters. The molecule has 0 bridgehead atoms. The van der Waals surface area contributed by atoms with Gasteiger partial charge in [-0.3, -0.25) is 4.79 Å². The van der Waals surface area contributed by atoms with Gasteiger partial charge in [0.25, 0.3) is 0 Å². The number of allylic oxidation sites excluding steroid dienone is 2. The normalized spacial score (nSPS) is 36.2. The number of carbonyl (C=O) groups excluding carboxylic acids is 1. The zero-order chi connectivity index (χ0) is 10.4. The fraction of sp³-hybridized carbons (Fsp3) is 0.769. The first kappa shape index (κ1) is 9.95. The topological polar surface area (TPSA) is 17.1 Å². The first-order valence-corrected chi connectivity index (χ1v) is 5.70.